The maximum Gasteiger partial charge on any atom is 0.295 e. The molecule has 10 nitrogen and oxygen atoms in total. The zero-order valence-electron chi connectivity index (χ0n) is 15.5. The third-order valence-corrected chi connectivity index (χ3v) is 7.26. The smallest absolute Gasteiger partial charge is 0.295 e. The zero-order chi connectivity index (χ0) is 21.8. The number of nitrogens with one attached hydrogen (secondary N) is 2. The number of anilines is 1. The van der Waals surface area contributed by atoms with Crippen LogP contribution in [0.2, 0.25) is 0 Å². The maximum atomic E-state index is 13.0. The lowest BCUT2D eigenvalue weighted by atomic mass is 10.3. The molecule has 2 rings (SSSR count). The number of nitro benzene ring substituents is 1. The number of benzene rings is 2. The average Bonchev–Trinajstić information content (AvgIpc) is 2.67. The summed E-state index contributed by atoms with van der Waals surface area (Å²) in [7, 11) is -8.09. The van der Waals surface area contributed by atoms with Crippen LogP contribution < -0.4 is 10.3 Å². The van der Waals surface area contributed by atoms with Crippen molar-refractivity contribution >= 4 is 31.4 Å². The van der Waals surface area contributed by atoms with Crippen LogP contribution in [0.3, 0.4) is 0 Å². The SMILES string of the molecule is CCN(CC)S(=O)(=O)c1ccc(NNS(=O)(=O)c2ccc(F)cc2)c([N+](=O)[O-])c1. The van der Waals surface area contributed by atoms with Gasteiger partial charge in [-0.3, -0.25) is 10.1 Å². The molecule has 2 aromatic rings. The van der Waals surface area contributed by atoms with E-state index in [0.29, 0.717) is 0 Å². The Morgan fingerprint density at radius 2 is 1.55 bits per heavy atom. The summed E-state index contributed by atoms with van der Waals surface area (Å²) < 4.78 is 63.6. The number of hydrogen-bond acceptors (Lipinski definition) is 7. The van der Waals surface area contributed by atoms with Crippen molar-refractivity contribution in [2.75, 3.05) is 18.5 Å². The topological polar surface area (TPSA) is 139 Å². The Morgan fingerprint density at radius 3 is 2.07 bits per heavy atom. The fourth-order valence-corrected chi connectivity index (χ4v) is 4.77. The third-order valence-electron chi connectivity index (χ3n) is 3.95. The van der Waals surface area contributed by atoms with Crippen LogP contribution in [0.4, 0.5) is 15.8 Å². The molecule has 29 heavy (non-hydrogen) atoms. The first-order valence-electron chi connectivity index (χ1n) is 8.35. The molecule has 13 heteroatoms. The molecule has 0 saturated carbocycles. The number of hydrogen-bond donors (Lipinski definition) is 2. The Balaban J connectivity index is 2.34. The second-order valence-electron chi connectivity index (χ2n) is 5.71. The average molecular weight is 446 g/mol. The van der Waals surface area contributed by atoms with Crippen molar-refractivity contribution in [3.05, 3.63) is 58.4 Å². The molecule has 0 spiro atoms. The van der Waals surface area contributed by atoms with Gasteiger partial charge >= 0.3 is 0 Å². The van der Waals surface area contributed by atoms with Crippen LogP contribution in [0, 0.1) is 15.9 Å². The molecule has 0 fully saturated rings. The number of hydrazine groups is 1. The molecule has 0 aliphatic rings. The highest BCUT2D eigenvalue weighted by atomic mass is 32.2. The fourth-order valence-electron chi connectivity index (χ4n) is 2.44. The van der Waals surface area contributed by atoms with Crippen LogP contribution in [-0.4, -0.2) is 39.2 Å². The molecule has 0 heterocycles. The minimum Gasteiger partial charge on any atom is -0.302 e. The van der Waals surface area contributed by atoms with Gasteiger partial charge in [-0.1, -0.05) is 13.8 Å². The Hall–Kier alpha value is -2.61. The predicted octanol–water partition coefficient (Wildman–Crippen LogP) is 2.07. The van der Waals surface area contributed by atoms with E-state index in [-0.39, 0.29) is 28.6 Å². The minimum atomic E-state index is -4.15. The van der Waals surface area contributed by atoms with Gasteiger partial charge in [0, 0.05) is 19.2 Å². The Labute approximate surface area is 167 Å². The number of sulfonamides is 2. The molecule has 0 aromatic heterocycles. The summed E-state index contributed by atoms with van der Waals surface area (Å²) in [5.74, 6) is -0.627. The van der Waals surface area contributed by atoms with Gasteiger partial charge in [0.25, 0.3) is 15.7 Å². The van der Waals surface area contributed by atoms with Gasteiger partial charge < -0.3 is 5.43 Å². The van der Waals surface area contributed by atoms with Crippen molar-refractivity contribution in [2.24, 2.45) is 0 Å². The largest absolute Gasteiger partial charge is 0.302 e. The minimum absolute atomic E-state index is 0.185. The van der Waals surface area contributed by atoms with Gasteiger partial charge in [0.05, 0.1) is 14.7 Å². The van der Waals surface area contributed by atoms with Crippen LogP contribution >= 0.6 is 0 Å². The quantitative estimate of drug-likeness (QED) is 0.444. The van der Waals surface area contributed by atoms with Crippen molar-refractivity contribution in [3.63, 3.8) is 0 Å². The van der Waals surface area contributed by atoms with Crippen LogP contribution in [0.25, 0.3) is 0 Å². The van der Waals surface area contributed by atoms with Crippen molar-refractivity contribution in [3.8, 4) is 0 Å². The molecule has 0 amide bonds. The molecule has 2 N–H and O–H groups in total. The molecule has 2 aromatic carbocycles. The van der Waals surface area contributed by atoms with E-state index in [1.54, 1.807) is 13.8 Å². The second-order valence-corrected chi connectivity index (χ2v) is 9.33. The van der Waals surface area contributed by atoms with Gasteiger partial charge in [0.2, 0.25) is 10.0 Å². The first-order valence-corrected chi connectivity index (χ1v) is 11.3. The van der Waals surface area contributed by atoms with Gasteiger partial charge in [-0.25, -0.2) is 21.2 Å². The summed E-state index contributed by atoms with van der Waals surface area (Å²) in [4.78, 5) is 11.9. The monoisotopic (exact) mass is 446 g/mol. The summed E-state index contributed by atoms with van der Waals surface area (Å²) >= 11 is 0. The highest BCUT2D eigenvalue weighted by Crippen LogP contribution is 2.28. The number of halogens is 1. The van der Waals surface area contributed by atoms with Gasteiger partial charge in [-0.05, 0) is 36.4 Å². The van der Waals surface area contributed by atoms with E-state index in [1.165, 1.54) is 0 Å². The van der Waals surface area contributed by atoms with Gasteiger partial charge in [-0.2, -0.15) is 4.31 Å². The fraction of sp³-hybridized carbons (Fsp3) is 0.250. The molecule has 0 bridgehead atoms. The van der Waals surface area contributed by atoms with E-state index in [4.69, 9.17) is 0 Å². The number of nitrogens with zero attached hydrogens (tertiary/aromatic N) is 2. The Bertz CT molecular complexity index is 1100. The van der Waals surface area contributed by atoms with Crippen LogP contribution in [0.5, 0.6) is 0 Å². The van der Waals surface area contributed by atoms with Gasteiger partial charge in [0.1, 0.15) is 11.5 Å². The summed E-state index contributed by atoms with van der Waals surface area (Å²) in [6.45, 7) is 3.64. The highest BCUT2D eigenvalue weighted by Gasteiger charge is 2.26. The van der Waals surface area contributed by atoms with E-state index in [0.717, 1.165) is 46.8 Å². The highest BCUT2D eigenvalue weighted by molar-refractivity contribution is 7.89. The lowest BCUT2D eigenvalue weighted by molar-refractivity contribution is -0.384. The Morgan fingerprint density at radius 1 is 1.00 bits per heavy atom. The van der Waals surface area contributed by atoms with Gasteiger partial charge in [0.15, 0.2) is 0 Å². The number of nitro groups is 1. The van der Waals surface area contributed by atoms with Crippen LogP contribution in [0.1, 0.15) is 13.8 Å². The first-order chi connectivity index (χ1) is 13.5. The molecular weight excluding hydrogens is 427 g/mol. The molecule has 0 radical (unpaired) electrons. The summed E-state index contributed by atoms with van der Waals surface area (Å²) in [5.41, 5.74) is 1.30. The van der Waals surface area contributed by atoms with Crippen molar-refractivity contribution in [1.29, 1.82) is 0 Å². The van der Waals surface area contributed by atoms with E-state index in [2.05, 4.69) is 5.43 Å². The second kappa shape index (κ2) is 8.82. The van der Waals surface area contributed by atoms with Crippen molar-refractivity contribution < 1.29 is 26.1 Å². The maximum absolute atomic E-state index is 13.0. The summed E-state index contributed by atoms with van der Waals surface area (Å²) in [6.07, 6.45) is 0. The van der Waals surface area contributed by atoms with E-state index in [9.17, 15) is 31.3 Å². The standard InChI is InChI=1S/C16H19FN4O6S2/c1-3-20(4-2)29(26,27)14-9-10-15(16(11-14)21(22)23)18-19-28(24,25)13-7-5-12(17)6-8-13/h5-11,18-19H,3-4H2,1-2H3. The van der Waals surface area contributed by atoms with Crippen molar-refractivity contribution in [1.82, 2.24) is 9.14 Å². The number of rotatable bonds is 9. The molecule has 0 aliphatic carbocycles. The Kier molecular flexibility index (Phi) is 6.89. The zero-order valence-corrected chi connectivity index (χ0v) is 17.1. The van der Waals surface area contributed by atoms with E-state index >= 15 is 0 Å². The third kappa shape index (κ3) is 5.06. The molecular formula is C16H19FN4O6S2. The van der Waals surface area contributed by atoms with Gasteiger partial charge in [-0.15, -0.1) is 4.83 Å². The van der Waals surface area contributed by atoms with E-state index < -0.39 is 36.5 Å². The molecule has 0 atom stereocenters. The predicted molar refractivity (Wildman–Crippen MR) is 104 cm³/mol. The lowest BCUT2D eigenvalue weighted by Gasteiger charge is -2.18. The van der Waals surface area contributed by atoms with Crippen molar-refractivity contribution in [2.45, 2.75) is 23.6 Å². The van der Waals surface area contributed by atoms with Crippen LogP contribution in [0.15, 0.2) is 52.3 Å². The first kappa shape index (κ1) is 22.7. The normalized spacial score (nSPS) is 12.1. The summed E-state index contributed by atoms with van der Waals surface area (Å²) in [5, 5.41) is 11.4. The lowest BCUT2D eigenvalue weighted by Crippen LogP contribution is -2.31. The molecule has 0 unspecified atom stereocenters. The molecule has 0 saturated heterocycles. The molecule has 158 valence electrons. The molecule has 0 aliphatic heterocycles. The van der Waals surface area contributed by atoms with E-state index in [1.807, 2.05) is 4.83 Å². The van der Waals surface area contributed by atoms with Crippen LogP contribution in [-0.2, 0) is 20.0 Å². The summed E-state index contributed by atoms with van der Waals surface area (Å²) in [6, 6.07) is 7.01.